The highest BCUT2D eigenvalue weighted by Crippen LogP contribution is 2.41. The molecule has 0 amide bonds. The number of phenolic OH excluding ortho intramolecular Hbond substituents is 1. The molecule has 0 spiro atoms. The highest BCUT2D eigenvalue weighted by Gasteiger charge is 2.25. The number of phenols is 1. The van der Waals surface area contributed by atoms with E-state index >= 15 is 0 Å². The molecule has 0 aliphatic carbocycles. The number of ether oxygens (including phenoxy) is 2. The Balaban J connectivity index is 2.28. The van der Waals surface area contributed by atoms with Crippen molar-refractivity contribution in [1.82, 2.24) is 0 Å². The van der Waals surface area contributed by atoms with E-state index in [0.717, 1.165) is 27.4 Å². The molecule has 122 valence electrons. The normalized spacial score (nSPS) is 10.6. The number of hydrogen-bond acceptors (Lipinski definition) is 3. The molecule has 0 atom stereocenters. The van der Waals surface area contributed by atoms with Gasteiger partial charge < -0.3 is 14.6 Å². The Labute approximate surface area is 143 Å². The van der Waals surface area contributed by atoms with Crippen molar-refractivity contribution in [2.24, 2.45) is 0 Å². The Morgan fingerprint density at radius 2 is 1.04 bits per heavy atom. The molecule has 0 heterocycles. The van der Waals surface area contributed by atoms with Crippen molar-refractivity contribution in [3.8, 4) is 17.2 Å². The summed E-state index contributed by atoms with van der Waals surface area (Å²) in [7, 11) is 2.31. The number of benzene rings is 3. The van der Waals surface area contributed by atoms with Crippen LogP contribution in [-0.4, -0.2) is 19.3 Å². The lowest BCUT2D eigenvalue weighted by Gasteiger charge is -2.23. The molecular weight excluding hydrogens is 319 g/mol. The molecule has 4 heteroatoms. The zero-order chi connectivity index (χ0) is 16.9. The minimum atomic E-state index is -1.02. The van der Waals surface area contributed by atoms with E-state index in [0.29, 0.717) is 0 Å². The predicted octanol–water partition coefficient (Wildman–Crippen LogP) is 3.17. The fraction of sp³-hybridized carbons (Fsp3) is 0.100. The Morgan fingerprint density at radius 3 is 1.50 bits per heavy atom. The molecule has 0 unspecified atom stereocenters. The van der Waals surface area contributed by atoms with Gasteiger partial charge in [-0.05, 0) is 26.1 Å². The quantitative estimate of drug-likeness (QED) is 0.726. The summed E-state index contributed by atoms with van der Waals surface area (Å²) in [5.41, 5.74) is 0. The summed E-state index contributed by atoms with van der Waals surface area (Å²) in [4.78, 5) is 0. The lowest BCUT2D eigenvalue weighted by molar-refractivity contribution is 0.417. The molecule has 0 bridgehead atoms. The second-order valence-electron chi connectivity index (χ2n) is 5.17. The van der Waals surface area contributed by atoms with Crippen molar-refractivity contribution in [2.45, 2.75) is 0 Å². The number of rotatable bonds is 5. The van der Waals surface area contributed by atoms with Crippen LogP contribution in [0.4, 0.5) is 0 Å². The Hall–Kier alpha value is -2.51. The number of aromatic hydroxyl groups is 1. The molecule has 3 rings (SSSR count). The Bertz CT molecular complexity index is 785. The standard InChI is InChI=1S/C20H19O3P/c1-22-16-10-4-7-13-19(16)24(18-12-6-3-9-15(18)21)20-14-8-5-11-17(20)23-2/h3-14,21H,1-2H3. The lowest BCUT2D eigenvalue weighted by atomic mass is 10.3. The van der Waals surface area contributed by atoms with E-state index in [1.165, 1.54) is 0 Å². The van der Waals surface area contributed by atoms with E-state index in [1.807, 2.05) is 66.7 Å². The second-order valence-corrected chi connectivity index (χ2v) is 7.28. The van der Waals surface area contributed by atoms with E-state index in [2.05, 4.69) is 0 Å². The van der Waals surface area contributed by atoms with E-state index in [4.69, 9.17) is 9.47 Å². The first kappa shape index (κ1) is 16.4. The van der Waals surface area contributed by atoms with Gasteiger partial charge in [-0.25, -0.2) is 0 Å². The van der Waals surface area contributed by atoms with Crippen molar-refractivity contribution in [2.75, 3.05) is 14.2 Å². The summed E-state index contributed by atoms with van der Waals surface area (Å²) in [6.45, 7) is 0. The zero-order valence-electron chi connectivity index (χ0n) is 13.6. The Morgan fingerprint density at radius 1 is 0.625 bits per heavy atom. The molecule has 0 aliphatic rings. The molecule has 0 fully saturated rings. The fourth-order valence-corrected chi connectivity index (χ4v) is 5.23. The molecule has 0 aliphatic heterocycles. The van der Waals surface area contributed by atoms with Crippen LogP contribution in [-0.2, 0) is 0 Å². The van der Waals surface area contributed by atoms with E-state index in [9.17, 15) is 5.11 Å². The van der Waals surface area contributed by atoms with Crippen molar-refractivity contribution >= 4 is 23.8 Å². The molecular formula is C20H19O3P. The predicted molar refractivity (Wildman–Crippen MR) is 99.9 cm³/mol. The van der Waals surface area contributed by atoms with Gasteiger partial charge in [-0.15, -0.1) is 0 Å². The van der Waals surface area contributed by atoms with Gasteiger partial charge in [0.15, 0.2) is 0 Å². The second kappa shape index (κ2) is 7.37. The van der Waals surface area contributed by atoms with Gasteiger partial charge in [0.2, 0.25) is 0 Å². The maximum atomic E-state index is 10.5. The molecule has 1 N–H and O–H groups in total. The van der Waals surface area contributed by atoms with Crippen molar-refractivity contribution in [3.63, 3.8) is 0 Å². The topological polar surface area (TPSA) is 38.7 Å². The van der Waals surface area contributed by atoms with Gasteiger partial charge in [-0.2, -0.15) is 0 Å². The average molecular weight is 338 g/mol. The summed E-state index contributed by atoms with van der Waals surface area (Å²) in [5, 5.41) is 13.4. The van der Waals surface area contributed by atoms with Crippen LogP contribution in [0, 0.1) is 0 Å². The van der Waals surface area contributed by atoms with Gasteiger partial charge in [0.25, 0.3) is 0 Å². The third-order valence-electron chi connectivity index (χ3n) is 3.77. The minimum absolute atomic E-state index is 0.278. The summed E-state index contributed by atoms with van der Waals surface area (Å²) in [6, 6.07) is 23.3. The summed E-state index contributed by atoms with van der Waals surface area (Å²) in [6.07, 6.45) is 0. The summed E-state index contributed by atoms with van der Waals surface area (Å²) < 4.78 is 11.2. The first-order valence-electron chi connectivity index (χ1n) is 7.60. The number of hydrogen-bond donors (Lipinski definition) is 1. The minimum Gasteiger partial charge on any atom is -0.507 e. The molecule has 3 nitrogen and oxygen atoms in total. The highest BCUT2D eigenvalue weighted by molar-refractivity contribution is 7.80. The largest absolute Gasteiger partial charge is 0.507 e. The van der Waals surface area contributed by atoms with Crippen molar-refractivity contribution < 1.29 is 14.6 Å². The summed E-state index contributed by atoms with van der Waals surface area (Å²) in [5.74, 6) is 1.89. The molecule has 24 heavy (non-hydrogen) atoms. The SMILES string of the molecule is COc1ccccc1P(c1ccccc1O)c1ccccc1OC. The molecule has 0 saturated carbocycles. The van der Waals surface area contributed by atoms with Crippen LogP contribution in [0.3, 0.4) is 0 Å². The van der Waals surface area contributed by atoms with Gasteiger partial charge in [-0.3, -0.25) is 0 Å². The van der Waals surface area contributed by atoms with Gasteiger partial charge in [0, 0.05) is 15.9 Å². The van der Waals surface area contributed by atoms with Crippen LogP contribution in [0.25, 0.3) is 0 Å². The first-order chi connectivity index (χ1) is 11.8. The van der Waals surface area contributed by atoms with Crippen LogP contribution in [0.1, 0.15) is 0 Å². The highest BCUT2D eigenvalue weighted by atomic mass is 31.1. The molecule has 0 radical (unpaired) electrons. The maximum Gasteiger partial charge on any atom is 0.127 e. The maximum absolute atomic E-state index is 10.5. The molecule has 0 aromatic heterocycles. The first-order valence-corrected chi connectivity index (χ1v) is 8.94. The van der Waals surface area contributed by atoms with Crippen LogP contribution in [0.15, 0.2) is 72.8 Å². The van der Waals surface area contributed by atoms with E-state index in [-0.39, 0.29) is 5.75 Å². The van der Waals surface area contributed by atoms with Gasteiger partial charge in [-0.1, -0.05) is 54.6 Å². The Kier molecular flexibility index (Phi) is 5.02. The van der Waals surface area contributed by atoms with Gasteiger partial charge >= 0.3 is 0 Å². The number of para-hydroxylation sites is 3. The van der Waals surface area contributed by atoms with Crippen molar-refractivity contribution in [1.29, 1.82) is 0 Å². The van der Waals surface area contributed by atoms with E-state index < -0.39 is 7.92 Å². The fourth-order valence-electron chi connectivity index (χ4n) is 2.67. The third-order valence-corrected chi connectivity index (χ3v) is 6.34. The van der Waals surface area contributed by atoms with Crippen LogP contribution < -0.4 is 25.4 Å². The number of methoxy groups -OCH3 is 2. The van der Waals surface area contributed by atoms with Crippen LogP contribution in [0.2, 0.25) is 0 Å². The monoisotopic (exact) mass is 338 g/mol. The van der Waals surface area contributed by atoms with E-state index in [1.54, 1.807) is 20.3 Å². The van der Waals surface area contributed by atoms with Crippen molar-refractivity contribution in [3.05, 3.63) is 72.8 Å². The third kappa shape index (κ3) is 3.08. The van der Waals surface area contributed by atoms with Crippen LogP contribution in [0.5, 0.6) is 17.2 Å². The van der Waals surface area contributed by atoms with Gasteiger partial charge in [0.1, 0.15) is 17.2 Å². The van der Waals surface area contributed by atoms with Crippen LogP contribution >= 0.6 is 7.92 Å². The lowest BCUT2D eigenvalue weighted by Crippen LogP contribution is -2.23. The average Bonchev–Trinajstić information content (AvgIpc) is 2.64. The van der Waals surface area contributed by atoms with Gasteiger partial charge in [0.05, 0.1) is 14.2 Å². The molecule has 0 saturated heterocycles. The molecule has 3 aromatic carbocycles. The summed E-state index contributed by atoms with van der Waals surface area (Å²) >= 11 is 0. The smallest absolute Gasteiger partial charge is 0.127 e. The molecule has 3 aromatic rings. The zero-order valence-corrected chi connectivity index (χ0v) is 14.5.